The van der Waals surface area contributed by atoms with Crippen molar-refractivity contribution in [2.24, 2.45) is 0 Å². The highest BCUT2D eigenvalue weighted by Gasteiger charge is 2.05. The first kappa shape index (κ1) is 14.0. The summed E-state index contributed by atoms with van der Waals surface area (Å²) in [5.74, 6) is 0.327. The quantitative estimate of drug-likeness (QED) is 0.719. The fourth-order valence-electron chi connectivity index (χ4n) is 2.17. The van der Waals surface area contributed by atoms with E-state index in [4.69, 9.17) is 0 Å². The average molecular weight is 300 g/mol. The topological polar surface area (TPSA) is 24.9 Å². The van der Waals surface area contributed by atoms with Gasteiger partial charge in [-0.25, -0.2) is 9.37 Å². The molecule has 3 rings (SSSR count). The lowest BCUT2D eigenvalue weighted by Gasteiger charge is -2.07. The Balaban J connectivity index is 1.71. The lowest BCUT2D eigenvalue weighted by atomic mass is 10.0. The Hall–Kier alpha value is -1.94. The minimum absolute atomic E-state index is 0.220. The van der Waals surface area contributed by atoms with Crippen molar-refractivity contribution < 1.29 is 4.39 Å². The Labute approximate surface area is 127 Å². The zero-order chi connectivity index (χ0) is 14.8. The van der Waals surface area contributed by atoms with Gasteiger partial charge >= 0.3 is 0 Å². The van der Waals surface area contributed by atoms with Crippen LogP contribution in [-0.4, -0.2) is 4.98 Å². The summed E-state index contributed by atoms with van der Waals surface area (Å²) in [6, 6.07) is 13.3. The third-order valence-corrected chi connectivity index (χ3v) is 4.42. The molecule has 3 aromatic rings. The van der Waals surface area contributed by atoms with E-state index < -0.39 is 0 Å². The molecular weight excluding hydrogens is 283 g/mol. The monoisotopic (exact) mass is 300 g/mol. The van der Waals surface area contributed by atoms with Crippen LogP contribution in [-0.2, 0) is 6.54 Å². The first-order valence-electron chi connectivity index (χ1n) is 7.00. The SMILES string of the molecule is CC(C)c1ccc(CNc2nc3ccc(F)cc3s2)cc1. The van der Waals surface area contributed by atoms with Crippen molar-refractivity contribution in [2.45, 2.75) is 26.3 Å². The van der Waals surface area contributed by atoms with Crippen LogP contribution in [0.25, 0.3) is 10.2 Å². The smallest absolute Gasteiger partial charge is 0.184 e. The lowest BCUT2D eigenvalue weighted by Crippen LogP contribution is -1.99. The summed E-state index contributed by atoms with van der Waals surface area (Å²) in [5.41, 5.74) is 3.39. The zero-order valence-electron chi connectivity index (χ0n) is 12.1. The Kier molecular flexibility index (Phi) is 3.88. The van der Waals surface area contributed by atoms with E-state index in [9.17, 15) is 4.39 Å². The van der Waals surface area contributed by atoms with Crippen LogP contribution in [0.2, 0.25) is 0 Å². The number of nitrogens with one attached hydrogen (secondary N) is 1. The molecule has 2 nitrogen and oxygen atoms in total. The average Bonchev–Trinajstić information content (AvgIpc) is 2.87. The molecule has 0 fully saturated rings. The third-order valence-electron chi connectivity index (χ3n) is 3.44. The van der Waals surface area contributed by atoms with E-state index in [0.717, 1.165) is 21.9 Å². The molecule has 1 aromatic heterocycles. The molecule has 21 heavy (non-hydrogen) atoms. The highest BCUT2D eigenvalue weighted by Crippen LogP contribution is 2.26. The molecule has 0 saturated heterocycles. The molecule has 0 saturated carbocycles. The van der Waals surface area contributed by atoms with Crippen LogP contribution in [0.5, 0.6) is 0 Å². The Bertz CT molecular complexity index is 747. The number of fused-ring (bicyclic) bond motifs is 1. The van der Waals surface area contributed by atoms with Crippen molar-refractivity contribution in [1.29, 1.82) is 0 Å². The largest absolute Gasteiger partial charge is 0.357 e. The molecule has 0 spiro atoms. The minimum atomic E-state index is -0.220. The molecule has 0 aliphatic carbocycles. The maximum Gasteiger partial charge on any atom is 0.184 e. The highest BCUT2D eigenvalue weighted by molar-refractivity contribution is 7.22. The van der Waals surface area contributed by atoms with Crippen molar-refractivity contribution in [3.05, 3.63) is 59.4 Å². The van der Waals surface area contributed by atoms with Gasteiger partial charge in [0, 0.05) is 6.54 Å². The van der Waals surface area contributed by atoms with E-state index in [2.05, 4.69) is 48.4 Å². The summed E-state index contributed by atoms with van der Waals surface area (Å²) in [6.45, 7) is 5.10. The van der Waals surface area contributed by atoms with E-state index in [1.54, 1.807) is 6.07 Å². The summed E-state index contributed by atoms with van der Waals surface area (Å²) in [6.07, 6.45) is 0. The molecule has 0 atom stereocenters. The second-order valence-corrected chi connectivity index (χ2v) is 6.41. The van der Waals surface area contributed by atoms with Gasteiger partial charge in [0.05, 0.1) is 10.2 Å². The summed E-state index contributed by atoms with van der Waals surface area (Å²) in [5, 5.41) is 4.13. The maximum absolute atomic E-state index is 13.2. The molecule has 0 aliphatic rings. The van der Waals surface area contributed by atoms with Crippen molar-refractivity contribution in [1.82, 2.24) is 4.98 Å². The second-order valence-electron chi connectivity index (χ2n) is 5.38. The molecule has 1 N–H and O–H groups in total. The van der Waals surface area contributed by atoms with Crippen LogP contribution in [0.4, 0.5) is 9.52 Å². The van der Waals surface area contributed by atoms with Gasteiger partial charge in [-0.05, 0) is 35.2 Å². The molecule has 4 heteroatoms. The van der Waals surface area contributed by atoms with Crippen molar-refractivity contribution in [3.8, 4) is 0 Å². The van der Waals surface area contributed by atoms with Gasteiger partial charge in [0.15, 0.2) is 5.13 Å². The summed E-state index contributed by atoms with van der Waals surface area (Å²) in [7, 11) is 0. The van der Waals surface area contributed by atoms with E-state index in [1.165, 1.54) is 34.6 Å². The fourth-order valence-corrected chi connectivity index (χ4v) is 3.06. The summed E-state index contributed by atoms with van der Waals surface area (Å²) < 4.78 is 14.0. The molecule has 0 bridgehead atoms. The van der Waals surface area contributed by atoms with Gasteiger partial charge in [-0.2, -0.15) is 0 Å². The van der Waals surface area contributed by atoms with Gasteiger partial charge in [-0.1, -0.05) is 49.4 Å². The van der Waals surface area contributed by atoms with Crippen LogP contribution >= 0.6 is 11.3 Å². The number of anilines is 1. The zero-order valence-corrected chi connectivity index (χ0v) is 12.9. The molecule has 0 unspecified atom stereocenters. The predicted molar refractivity (Wildman–Crippen MR) is 87.4 cm³/mol. The molecule has 0 radical (unpaired) electrons. The number of thiazole rings is 1. The predicted octanol–water partition coefficient (Wildman–Crippen LogP) is 5.17. The van der Waals surface area contributed by atoms with E-state index in [1.807, 2.05) is 0 Å². The van der Waals surface area contributed by atoms with Crippen LogP contribution in [0, 0.1) is 5.82 Å². The lowest BCUT2D eigenvalue weighted by molar-refractivity contribution is 0.630. The van der Waals surface area contributed by atoms with E-state index in [0.29, 0.717) is 5.92 Å². The number of hydrogen-bond donors (Lipinski definition) is 1. The van der Waals surface area contributed by atoms with Gasteiger partial charge in [0.1, 0.15) is 5.82 Å². The number of benzene rings is 2. The molecule has 108 valence electrons. The highest BCUT2D eigenvalue weighted by atomic mass is 32.1. The summed E-state index contributed by atoms with van der Waals surface area (Å²) >= 11 is 1.48. The summed E-state index contributed by atoms with van der Waals surface area (Å²) in [4.78, 5) is 4.46. The molecule has 1 heterocycles. The number of nitrogens with zero attached hydrogens (tertiary/aromatic N) is 1. The van der Waals surface area contributed by atoms with Crippen molar-refractivity contribution in [2.75, 3.05) is 5.32 Å². The van der Waals surface area contributed by atoms with Gasteiger partial charge in [-0.15, -0.1) is 0 Å². The van der Waals surface area contributed by atoms with Gasteiger partial charge < -0.3 is 5.32 Å². The van der Waals surface area contributed by atoms with Gasteiger partial charge in [0.25, 0.3) is 0 Å². The number of hydrogen-bond acceptors (Lipinski definition) is 3. The standard InChI is InChI=1S/C17H17FN2S/c1-11(2)13-5-3-12(4-6-13)10-19-17-20-15-8-7-14(18)9-16(15)21-17/h3-9,11H,10H2,1-2H3,(H,19,20). The normalized spacial score (nSPS) is 11.2. The fraction of sp³-hybridized carbons (Fsp3) is 0.235. The number of aromatic nitrogens is 1. The van der Waals surface area contributed by atoms with E-state index >= 15 is 0 Å². The Morgan fingerprint density at radius 2 is 1.90 bits per heavy atom. The first-order valence-corrected chi connectivity index (χ1v) is 7.82. The Morgan fingerprint density at radius 3 is 2.62 bits per heavy atom. The molecule has 2 aromatic carbocycles. The minimum Gasteiger partial charge on any atom is -0.357 e. The number of halogens is 1. The Morgan fingerprint density at radius 1 is 1.14 bits per heavy atom. The maximum atomic E-state index is 13.2. The van der Waals surface area contributed by atoms with Crippen LogP contribution < -0.4 is 5.32 Å². The van der Waals surface area contributed by atoms with Gasteiger partial charge in [0.2, 0.25) is 0 Å². The van der Waals surface area contributed by atoms with Crippen molar-refractivity contribution in [3.63, 3.8) is 0 Å². The molecule has 0 amide bonds. The second kappa shape index (κ2) is 5.82. The van der Waals surface area contributed by atoms with Crippen LogP contribution in [0.3, 0.4) is 0 Å². The van der Waals surface area contributed by atoms with E-state index in [-0.39, 0.29) is 5.82 Å². The first-order chi connectivity index (χ1) is 10.1. The molecular formula is C17H17FN2S. The third kappa shape index (κ3) is 3.22. The van der Waals surface area contributed by atoms with Crippen LogP contribution in [0.1, 0.15) is 30.9 Å². The van der Waals surface area contributed by atoms with Gasteiger partial charge in [-0.3, -0.25) is 0 Å². The van der Waals surface area contributed by atoms with Crippen molar-refractivity contribution >= 4 is 26.7 Å². The number of rotatable bonds is 4. The molecule has 0 aliphatic heterocycles. The van der Waals surface area contributed by atoms with Crippen LogP contribution in [0.15, 0.2) is 42.5 Å².